The van der Waals surface area contributed by atoms with E-state index in [0.717, 1.165) is 5.39 Å². The van der Waals surface area contributed by atoms with Crippen LogP contribution in [0.4, 0.5) is 10.2 Å². The van der Waals surface area contributed by atoms with Gasteiger partial charge in [0, 0.05) is 56.4 Å². The van der Waals surface area contributed by atoms with Crippen molar-refractivity contribution in [3.63, 3.8) is 0 Å². The van der Waals surface area contributed by atoms with Crippen molar-refractivity contribution in [1.82, 2.24) is 25.2 Å². The molecule has 7 heterocycles. The molecule has 6 bridgehead atoms. The lowest BCUT2D eigenvalue weighted by atomic mass is 9.78. The zero-order chi connectivity index (χ0) is 35.4. The number of nitrogens with zero attached hydrogens (tertiary/aromatic N) is 5. The molecule has 4 atom stereocenters. The minimum absolute atomic E-state index is 0.0279. The van der Waals surface area contributed by atoms with Crippen LogP contribution in [-0.4, -0.2) is 81.6 Å². The maximum atomic E-state index is 17.2. The summed E-state index contributed by atoms with van der Waals surface area (Å²) >= 11 is 6.39. The number of aromatic nitrogens is 3. The van der Waals surface area contributed by atoms with Crippen molar-refractivity contribution in [1.29, 1.82) is 0 Å². The fourth-order valence-corrected chi connectivity index (χ4v) is 7.31. The number of fused-ring (bicyclic) bond motifs is 11. The summed E-state index contributed by atoms with van der Waals surface area (Å²) in [5.41, 5.74) is -1.06. The molecule has 2 amide bonds. The van der Waals surface area contributed by atoms with Crippen molar-refractivity contribution >= 4 is 57.3 Å². The lowest BCUT2D eigenvalue weighted by Crippen LogP contribution is -2.49. The number of esters is 1. The number of para-hydroxylation sites is 1. The van der Waals surface area contributed by atoms with E-state index in [2.05, 4.69) is 10.3 Å². The van der Waals surface area contributed by atoms with Gasteiger partial charge in [-0.05, 0) is 45.4 Å². The second-order valence-corrected chi connectivity index (χ2v) is 14.8. The number of hydrogen-bond donors (Lipinski definition) is 1. The van der Waals surface area contributed by atoms with E-state index < -0.39 is 35.3 Å². The average Bonchev–Trinajstić information content (AvgIpc) is 3.65. The Morgan fingerprint density at radius 3 is 2.76 bits per heavy atom. The first-order valence-electron chi connectivity index (χ1n) is 17.0. The average molecular weight is 707 g/mol. The SMILES string of the molecule is C[C@H]1CN2CC[C@]1(F)c1cc(Cl)cnc1O[C@H]1C[C@@H](C(=O)OC(C)(C)C)N(C1)c1nc(nc3c1oc1ccccc13)CC(=O)NCCCC2=O. The van der Waals surface area contributed by atoms with Gasteiger partial charge < -0.3 is 29.0 Å². The van der Waals surface area contributed by atoms with Gasteiger partial charge in [0.05, 0.1) is 23.6 Å². The number of hydrogen-bond acceptors (Lipinski definition) is 10. The monoisotopic (exact) mass is 706 g/mol. The van der Waals surface area contributed by atoms with Crippen molar-refractivity contribution in [2.24, 2.45) is 5.92 Å². The second kappa shape index (κ2) is 13.0. The lowest BCUT2D eigenvalue weighted by molar-refractivity contribution is -0.156. The summed E-state index contributed by atoms with van der Waals surface area (Å²) in [4.78, 5) is 57.5. The third-order valence-electron chi connectivity index (χ3n) is 9.59. The van der Waals surface area contributed by atoms with Crippen LogP contribution in [0.1, 0.15) is 64.8 Å². The van der Waals surface area contributed by atoms with Gasteiger partial charge in [-0.2, -0.15) is 0 Å². The van der Waals surface area contributed by atoms with Crippen molar-refractivity contribution in [3.05, 3.63) is 52.9 Å². The molecule has 50 heavy (non-hydrogen) atoms. The van der Waals surface area contributed by atoms with Gasteiger partial charge in [0.15, 0.2) is 11.4 Å². The largest absolute Gasteiger partial charge is 0.472 e. The number of ether oxygens (including phenoxy) is 2. The summed E-state index contributed by atoms with van der Waals surface area (Å²) in [6, 6.07) is 8.06. The van der Waals surface area contributed by atoms with Crippen LogP contribution < -0.4 is 15.0 Å². The van der Waals surface area contributed by atoms with Gasteiger partial charge in [0.2, 0.25) is 17.7 Å². The number of pyridine rings is 1. The highest BCUT2D eigenvalue weighted by atomic mass is 35.5. The summed E-state index contributed by atoms with van der Waals surface area (Å²) in [5.74, 6) is -0.902. The summed E-state index contributed by atoms with van der Waals surface area (Å²) in [7, 11) is 0. The third-order valence-corrected chi connectivity index (χ3v) is 9.79. The number of anilines is 1. The van der Waals surface area contributed by atoms with Crippen LogP contribution in [0.25, 0.3) is 22.1 Å². The number of furan rings is 1. The predicted molar refractivity (Wildman–Crippen MR) is 184 cm³/mol. The molecule has 0 radical (unpaired) electrons. The summed E-state index contributed by atoms with van der Waals surface area (Å²) in [5, 5.41) is 3.86. The molecule has 0 aliphatic carbocycles. The summed E-state index contributed by atoms with van der Waals surface area (Å²) in [6.45, 7) is 7.95. The molecule has 0 spiro atoms. The maximum absolute atomic E-state index is 17.2. The Labute approximate surface area is 293 Å². The van der Waals surface area contributed by atoms with Crippen LogP contribution in [0, 0.1) is 5.92 Å². The minimum Gasteiger partial charge on any atom is -0.472 e. The highest BCUT2D eigenvalue weighted by molar-refractivity contribution is 6.30. The fraction of sp³-hybridized carbons (Fsp3) is 0.500. The molecule has 2 saturated heterocycles. The van der Waals surface area contributed by atoms with E-state index in [4.69, 9.17) is 35.5 Å². The molecular formula is C36H40ClFN6O6. The van der Waals surface area contributed by atoms with Crippen LogP contribution in [0.5, 0.6) is 5.88 Å². The number of carbonyl (C=O) groups is 3. The summed E-state index contributed by atoms with van der Waals surface area (Å²) < 4.78 is 35.9. The molecule has 14 heteroatoms. The molecule has 4 aliphatic heterocycles. The van der Waals surface area contributed by atoms with Gasteiger partial charge in [-0.25, -0.2) is 24.1 Å². The highest BCUT2D eigenvalue weighted by Gasteiger charge is 2.48. The van der Waals surface area contributed by atoms with Crippen molar-refractivity contribution in [2.45, 2.75) is 83.2 Å². The standard InChI is InChI=1S/C36H40ClFN6O6/c1-20-18-43-13-11-36(20,38)24-14-21(37)17-40-33(24)48-22-15-25(34(47)50-35(2,3)4)44(19-22)32-31-30(23-8-5-6-9-26(23)49-31)41-27(42-32)16-28(45)39-12-7-10-29(43)46/h5-6,8-9,14,17,20,22,25H,7,10-13,15-16,18-19H2,1-4H3,(H,39,45)/t20-,22-,25-,36+/m0/s1. The van der Waals surface area contributed by atoms with E-state index in [-0.39, 0.29) is 86.0 Å². The Balaban J connectivity index is 1.35. The molecule has 0 saturated carbocycles. The van der Waals surface area contributed by atoms with Gasteiger partial charge in [-0.3, -0.25) is 9.59 Å². The molecule has 1 aromatic carbocycles. The zero-order valence-corrected chi connectivity index (χ0v) is 29.3. The smallest absolute Gasteiger partial charge is 0.329 e. The number of alkyl halides is 1. The van der Waals surface area contributed by atoms with Crippen molar-refractivity contribution < 1.29 is 32.7 Å². The number of halogens is 2. The zero-order valence-electron chi connectivity index (χ0n) is 28.5. The van der Waals surface area contributed by atoms with E-state index in [1.165, 1.54) is 6.20 Å². The molecule has 1 N–H and O–H groups in total. The Bertz CT molecular complexity index is 1980. The molecule has 4 aromatic rings. The van der Waals surface area contributed by atoms with E-state index in [9.17, 15) is 14.4 Å². The van der Waals surface area contributed by atoms with Gasteiger partial charge in [-0.1, -0.05) is 30.7 Å². The maximum Gasteiger partial charge on any atom is 0.329 e. The molecular weight excluding hydrogens is 667 g/mol. The quantitative estimate of drug-likeness (QED) is 0.260. The van der Waals surface area contributed by atoms with Crippen LogP contribution >= 0.6 is 11.6 Å². The molecule has 12 nitrogen and oxygen atoms in total. The van der Waals surface area contributed by atoms with Crippen LogP contribution in [0.2, 0.25) is 5.02 Å². The number of nitrogens with one attached hydrogen (secondary N) is 1. The van der Waals surface area contributed by atoms with E-state index >= 15 is 4.39 Å². The Kier molecular flexibility index (Phi) is 8.82. The topological polar surface area (TPSA) is 140 Å². The number of benzene rings is 1. The highest BCUT2D eigenvalue weighted by Crippen LogP contribution is 2.46. The summed E-state index contributed by atoms with van der Waals surface area (Å²) in [6.07, 6.45) is 1.42. The van der Waals surface area contributed by atoms with Gasteiger partial charge in [-0.15, -0.1) is 0 Å². The third kappa shape index (κ3) is 6.55. The Morgan fingerprint density at radius 1 is 1.18 bits per heavy atom. The number of amides is 2. The van der Waals surface area contributed by atoms with Crippen molar-refractivity contribution in [3.8, 4) is 5.88 Å². The Hall–Kier alpha value is -4.52. The number of carbonyl (C=O) groups excluding carboxylic acids is 3. The first-order valence-corrected chi connectivity index (χ1v) is 17.4. The number of rotatable bonds is 1. The fourth-order valence-electron chi connectivity index (χ4n) is 7.15. The first kappa shape index (κ1) is 34.0. The lowest BCUT2D eigenvalue weighted by Gasteiger charge is -2.42. The molecule has 4 aliphatic rings. The minimum atomic E-state index is -1.89. The molecule has 264 valence electrons. The van der Waals surface area contributed by atoms with E-state index in [1.54, 1.807) is 43.6 Å². The number of piperidine rings is 1. The molecule has 3 aromatic heterocycles. The van der Waals surface area contributed by atoms with Crippen molar-refractivity contribution in [2.75, 3.05) is 31.1 Å². The molecule has 0 unspecified atom stereocenters. The normalized spacial score (nSPS) is 25.0. The van der Waals surface area contributed by atoms with Gasteiger partial charge >= 0.3 is 5.97 Å². The van der Waals surface area contributed by atoms with E-state index in [0.29, 0.717) is 28.9 Å². The molecule has 2 fully saturated rings. The van der Waals surface area contributed by atoms with Crippen LogP contribution in [0.3, 0.4) is 0 Å². The Morgan fingerprint density at radius 2 is 1.98 bits per heavy atom. The van der Waals surface area contributed by atoms with E-state index in [1.807, 2.05) is 24.3 Å². The first-order chi connectivity index (χ1) is 23.8. The predicted octanol–water partition coefficient (Wildman–Crippen LogP) is 5.28. The second-order valence-electron chi connectivity index (χ2n) is 14.4. The van der Waals surface area contributed by atoms with Gasteiger partial charge in [0.1, 0.15) is 40.3 Å². The van der Waals surface area contributed by atoms with Crippen LogP contribution in [-0.2, 0) is 31.2 Å². The molecule has 8 rings (SSSR count). The van der Waals surface area contributed by atoms with Crippen LogP contribution in [0.15, 0.2) is 40.9 Å². The van der Waals surface area contributed by atoms with Gasteiger partial charge in [0.25, 0.3) is 0 Å².